The van der Waals surface area contributed by atoms with Crippen molar-refractivity contribution in [3.8, 4) is 0 Å². The summed E-state index contributed by atoms with van der Waals surface area (Å²) in [5, 5.41) is 6.11. The van der Waals surface area contributed by atoms with Crippen molar-refractivity contribution in [3.05, 3.63) is 29.8 Å². The SMILES string of the molecule is O=C1CC(C(=O)NC2CCN3CCCCC23)c2ccccc2N1. The number of carbonyl (C=O) groups excluding carboxylic acids is 2. The minimum Gasteiger partial charge on any atom is -0.351 e. The zero-order valence-corrected chi connectivity index (χ0v) is 13.3. The molecule has 3 atom stereocenters. The zero-order valence-electron chi connectivity index (χ0n) is 13.3. The van der Waals surface area contributed by atoms with Crippen LogP contribution in [0.2, 0.25) is 0 Å². The maximum absolute atomic E-state index is 12.8. The Kier molecular flexibility index (Phi) is 3.81. The van der Waals surface area contributed by atoms with Gasteiger partial charge in [-0.2, -0.15) is 0 Å². The molecule has 2 amide bonds. The maximum Gasteiger partial charge on any atom is 0.228 e. The Balaban J connectivity index is 1.50. The van der Waals surface area contributed by atoms with E-state index in [1.807, 2.05) is 24.3 Å². The number of para-hydroxylation sites is 1. The van der Waals surface area contributed by atoms with Crippen LogP contribution in [0.5, 0.6) is 0 Å². The van der Waals surface area contributed by atoms with Crippen molar-refractivity contribution in [2.75, 3.05) is 18.4 Å². The van der Waals surface area contributed by atoms with E-state index in [1.54, 1.807) is 0 Å². The highest BCUT2D eigenvalue weighted by molar-refractivity contribution is 6.01. The third kappa shape index (κ3) is 2.74. The van der Waals surface area contributed by atoms with Crippen LogP contribution in [-0.4, -0.2) is 41.9 Å². The van der Waals surface area contributed by atoms with Crippen molar-refractivity contribution in [2.45, 2.75) is 50.1 Å². The molecule has 3 unspecified atom stereocenters. The molecule has 2 saturated heterocycles. The number of rotatable bonds is 2. The van der Waals surface area contributed by atoms with E-state index >= 15 is 0 Å². The first-order valence-electron chi connectivity index (χ1n) is 8.65. The van der Waals surface area contributed by atoms with Gasteiger partial charge < -0.3 is 10.6 Å². The van der Waals surface area contributed by atoms with Gasteiger partial charge in [-0.1, -0.05) is 24.6 Å². The highest BCUT2D eigenvalue weighted by Gasteiger charge is 2.38. The summed E-state index contributed by atoms with van der Waals surface area (Å²) < 4.78 is 0. The van der Waals surface area contributed by atoms with Gasteiger partial charge in [-0.3, -0.25) is 14.5 Å². The maximum atomic E-state index is 12.8. The molecule has 0 aliphatic carbocycles. The van der Waals surface area contributed by atoms with Gasteiger partial charge in [0.25, 0.3) is 0 Å². The molecule has 4 rings (SSSR count). The molecule has 3 aliphatic rings. The standard InChI is InChI=1S/C18H23N3O2/c22-17-11-13(12-5-1-2-6-14(12)19-17)18(23)20-15-8-10-21-9-4-3-7-16(15)21/h1-2,5-6,13,15-16H,3-4,7-11H2,(H,19,22)(H,20,23). The molecular weight excluding hydrogens is 290 g/mol. The van der Waals surface area contributed by atoms with Crippen molar-refractivity contribution in [1.29, 1.82) is 0 Å². The molecule has 0 spiro atoms. The minimum absolute atomic E-state index is 0.00437. The Morgan fingerprint density at radius 3 is 2.96 bits per heavy atom. The Morgan fingerprint density at radius 1 is 1.17 bits per heavy atom. The largest absolute Gasteiger partial charge is 0.351 e. The fraction of sp³-hybridized carbons (Fsp3) is 0.556. The quantitative estimate of drug-likeness (QED) is 0.876. The van der Waals surface area contributed by atoms with E-state index in [-0.39, 0.29) is 30.2 Å². The number of benzene rings is 1. The molecule has 3 aliphatic heterocycles. The molecule has 3 heterocycles. The zero-order chi connectivity index (χ0) is 15.8. The molecule has 0 radical (unpaired) electrons. The summed E-state index contributed by atoms with van der Waals surface area (Å²) >= 11 is 0. The Morgan fingerprint density at radius 2 is 2.04 bits per heavy atom. The summed E-state index contributed by atoms with van der Waals surface area (Å²) in [6.45, 7) is 2.24. The van der Waals surface area contributed by atoms with Gasteiger partial charge in [0, 0.05) is 30.7 Å². The fourth-order valence-electron chi connectivity index (χ4n) is 4.34. The third-order valence-corrected chi connectivity index (χ3v) is 5.50. The van der Waals surface area contributed by atoms with Gasteiger partial charge in [-0.05, 0) is 37.4 Å². The molecule has 5 heteroatoms. The number of amides is 2. The molecule has 2 fully saturated rings. The average Bonchev–Trinajstić information content (AvgIpc) is 2.97. The molecule has 2 N–H and O–H groups in total. The lowest BCUT2D eigenvalue weighted by atomic mass is 9.89. The lowest BCUT2D eigenvalue weighted by molar-refractivity contribution is -0.127. The first kappa shape index (κ1) is 14.7. The van der Waals surface area contributed by atoms with E-state index in [9.17, 15) is 9.59 Å². The van der Waals surface area contributed by atoms with Gasteiger partial charge in [0.15, 0.2) is 0 Å². The fourth-order valence-corrected chi connectivity index (χ4v) is 4.34. The summed E-state index contributed by atoms with van der Waals surface area (Å²) in [4.78, 5) is 27.2. The van der Waals surface area contributed by atoms with Crippen LogP contribution in [0, 0.1) is 0 Å². The van der Waals surface area contributed by atoms with Gasteiger partial charge in [-0.25, -0.2) is 0 Å². The molecular formula is C18H23N3O2. The van der Waals surface area contributed by atoms with Crippen LogP contribution in [0.15, 0.2) is 24.3 Å². The number of fused-ring (bicyclic) bond motifs is 2. The van der Waals surface area contributed by atoms with Crippen LogP contribution in [0.4, 0.5) is 5.69 Å². The second kappa shape index (κ2) is 5.96. The molecule has 23 heavy (non-hydrogen) atoms. The lowest BCUT2D eigenvalue weighted by Gasteiger charge is -2.33. The van der Waals surface area contributed by atoms with Gasteiger partial charge in [-0.15, -0.1) is 0 Å². The van der Waals surface area contributed by atoms with Crippen molar-refractivity contribution in [1.82, 2.24) is 10.2 Å². The highest BCUT2D eigenvalue weighted by atomic mass is 16.2. The summed E-state index contributed by atoms with van der Waals surface area (Å²) in [6, 6.07) is 8.34. The summed E-state index contributed by atoms with van der Waals surface area (Å²) in [7, 11) is 0. The molecule has 1 aromatic rings. The van der Waals surface area contributed by atoms with E-state index in [0.29, 0.717) is 6.04 Å². The van der Waals surface area contributed by atoms with Gasteiger partial charge in [0.05, 0.1) is 5.92 Å². The third-order valence-electron chi connectivity index (χ3n) is 5.50. The number of nitrogens with zero attached hydrogens (tertiary/aromatic N) is 1. The van der Waals surface area contributed by atoms with Crippen LogP contribution in [-0.2, 0) is 9.59 Å². The number of hydrogen-bond acceptors (Lipinski definition) is 3. The molecule has 122 valence electrons. The van der Waals surface area contributed by atoms with Crippen molar-refractivity contribution < 1.29 is 9.59 Å². The number of hydrogen-bond donors (Lipinski definition) is 2. The highest BCUT2D eigenvalue weighted by Crippen LogP contribution is 2.33. The number of piperidine rings is 1. The van der Waals surface area contributed by atoms with E-state index < -0.39 is 0 Å². The monoisotopic (exact) mass is 313 g/mol. The Labute approximate surface area is 136 Å². The first-order valence-corrected chi connectivity index (χ1v) is 8.65. The minimum atomic E-state index is -0.363. The normalized spacial score (nSPS) is 30.3. The van der Waals surface area contributed by atoms with Gasteiger partial charge in [0.1, 0.15) is 0 Å². The van der Waals surface area contributed by atoms with E-state index in [1.165, 1.54) is 19.3 Å². The predicted molar refractivity (Wildman–Crippen MR) is 88.2 cm³/mol. The van der Waals surface area contributed by atoms with Crippen LogP contribution in [0.25, 0.3) is 0 Å². The van der Waals surface area contributed by atoms with Crippen molar-refractivity contribution in [3.63, 3.8) is 0 Å². The number of anilines is 1. The molecule has 0 bridgehead atoms. The topological polar surface area (TPSA) is 61.4 Å². The molecule has 5 nitrogen and oxygen atoms in total. The average molecular weight is 313 g/mol. The van der Waals surface area contributed by atoms with E-state index in [4.69, 9.17) is 0 Å². The molecule has 0 aromatic heterocycles. The summed E-state index contributed by atoms with van der Waals surface area (Å²) in [5.74, 6) is -0.433. The predicted octanol–water partition coefficient (Wildman–Crippen LogP) is 1.86. The van der Waals surface area contributed by atoms with Crippen LogP contribution >= 0.6 is 0 Å². The first-order chi connectivity index (χ1) is 11.2. The Bertz CT molecular complexity index is 630. The van der Waals surface area contributed by atoms with Gasteiger partial charge in [0.2, 0.25) is 11.8 Å². The van der Waals surface area contributed by atoms with Crippen molar-refractivity contribution >= 4 is 17.5 Å². The molecule has 1 aromatic carbocycles. The van der Waals surface area contributed by atoms with Crippen LogP contribution < -0.4 is 10.6 Å². The lowest BCUT2D eigenvalue weighted by Crippen LogP contribution is -2.48. The van der Waals surface area contributed by atoms with E-state index in [2.05, 4.69) is 15.5 Å². The molecule has 0 saturated carbocycles. The second-order valence-electron chi connectivity index (χ2n) is 6.89. The van der Waals surface area contributed by atoms with Gasteiger partial charge >= 0.3 is 0 Å². The van der Waals surface area contributed by atoms with E-state index in [0.717, 1.165) is 30.8 Å². The number of nitrogens with one attached hydrogen (secondary N) is 2. The Hall–Kier alpha value is -1.88. The summed E-state index contributed by atoms with van der Waals surface area (Å²) in [6.07, 6.45) is 4.96. The van der Waals surface area contributed by atoms with Crippen LogP contribution in [0.3, 0.4) is 0 Å². The summed E-state index contributed by atoms with van der Waals surface area (Å²) in [5.41, 5.74) is 1.71. The number of carbonyl (C=O) groups is 2. The smallest absolute Gasteiger partial charge is 0.228 e. The second-order valence-corrected chi connectivity index (χ2v) is 6.89. The van der Waals surface area contributed by atoms with Crippen molar-refractivity contribution in [2.24, 2.45) is 0 Å². The van der Waals surface area contributed by atoms with Crippen LogP contribution in [0.1, 0.15) is 43.6 Å².